The molecule has 1 saturated carbocycles. The molecule has 1 aromatic heterocycles. The Morgan fingerprint density at radius 3 is 2.89 bits per heavy atom. The summed E-state index contributed by atoms with van der Waals surface area (Å²) >= 11 is 10.1. The Hall–Kier alpha value is -0.0600. The largest absolute Gasteiger partial charge is 0.308 e. The van der Waals surface area contributed by atoms with E-state index in [2.05, 4.69) is 44.7 Å². The highest BCUT2D eigenvalue weighted by Crippen LogP contribution is 2.37. The first-order valence-electron chi connectivity index (χ1n) is 7.08. The van der Waals surface area contributed by atoms with E-state index in [0.29, 0.717) is 11.3 Å². The molecule has 1 aliphatic rings. The maximum atomic E-state index is 6.41. The summed E-state index contributed by atoms with van der Waals surface area (Å²) in [6.45, 7) is 1.95. The molecule has 5 heteroatoms. The van der Waals surface area contributed by atoms with Crippen LogP contribution in [0.2, 0.25) is 0 Å². The van der Waals surface area contributed by atoms with Gasteiger partial charge in [0, 0.05) is 17.8 Å². The van der Waals surface area contributed by atoms with Crippen LogP contribution in [0, 0.1) is 0 Å². The Balaban J connectivity index is 2.14. The SMILES string of the molecule is CN(C)CCn1ncc(Br)c1C1CCCCC(Cl)C1. The first-order chi connectivity index (χ1) is 9.08. The van der Waals surface area contributed by atoms with E-state index in [1.54, 1.807) is 0 Å². The van der Waals surface area contributed by atoms with Gasteiger partial charge in [0.25, 0.3) is 0 Å². The first kappa shape index (κ1) is 15.3. The lowest BCUT2D eigenvalue weighted by molar-refractivity contribution is 0.364. The normalized spacial score (nSPS) is 24.7. The molecule has 1 heterocycles. The highest BCUT2D eigenvalue weighted by molar-refractivity contribution is 9.10. The van der Waals surface area contributed by atoms with Gasteiger partial charge in [-0.15, -0.1) is 11.6 Å². The Labute approximate surface area is 129 Å². The molecule has 2 atom stereocenters. The molecule has 108 valence electrons. The minimum absolute atomic E-state index is 0.316. The number of likely N-dealkylation sites (N-methyl/N-ethyl adjacent to an activating group) is 1. The highest BCUT2D eigenvalue weighted by Gasteiger charge is 2.25. The minimum atomic E-state index is 0.316. The van der Waals surface area contributed by atoms with Crippen molar-refractivity contribution in [3.63, 3.8) is 0 Å². The van der Waals surface area contributed by atoms with Crippen LogP contribution in [0.3, 0.4) is 0 Å². The van der Waals surface area contributed by atoms with Gasteiger partial charge in [0.1, 0.15) is 0 Å². The van der Waals surface area contributed by atoms with Gasteiger partial charge in [0.15, 0.2) is 0 Å². The van der Waals surface area contributed by atoms with Crippen LogP contribution in [0.15, 0.2) is 10.7 Å². The molecule has 0 N–H and O–H groups in total. The summed E-state index contributed by atoms with van der Waals surface area (Å²) in [4.78, 5) is 2.19. The van der Waals surface area contributed by atoms with Crippen LogP contribution in [0.1, 0.15) is 43.7 Å². The van der Waals surface area contributed by atoms with Crippen molar-refractivity contribution in [1.82, 2.24) is 14.7 Å². The summed E-state index contributed by atoms with van der Waals surface area (Å²) in [5.74, 6) is 0.545. The number of halogens is 2. The van der Waals surface area contributed by atoms with Gasteiger partial charge >= 0.3 is 0 Å². The summed E-state index contributed by atoms with van der Waals surface area (Å²) in [6.07, 6.45) is 7.93. The van der Waals surface area contributed by atoms with Crippen molar-refractivity contribution in [3.8, 4) is 0 Å². The van der Waals surface area contributed by atoms with E-state index < -0.39 is 0 Å². The Kier molecular flexibility index (Phi) is 5.72. The number of alkyl halides is 1. The predicted molar refractivity (Wildman–Crippen MR) is 83.9 cm³/mol. The van der Waals surface area contributed by atoms with E-state index in [4.69, 9.17) is 11.6 Å². The Bertz CT molecular complexity index is 405. The molecule has 0 radical (unpaired) electrons. The van der Waals surface area contributed by atoms with Gasteiger partial charge < -0.3 is 4.90 Å². The predicted octanol–water partition coefficient (Wildman–Crippen LogP) is 3.86. The number of hydrogen-bond donors (Lipinski definition) is 0. The molecule has 0 aromatic carbocycles. The molecule has 0 saturated heterocycles. The molecule has 0 amide bonds. The third-order valence-corrected chi connectivity index (χ3v) is 4.85. The lowest BCUT2D eigenvalue weighted by atomic mass is 9.96. The van der Waals surface area contributed by atoms with Gasteiger partial charge in [-0.1, -0.05) is 12.8 Å². The zero-order valence-electron chi connectivity index (χ0n) is 11.8. The summed E-state index contributed by atoms with van der Waals surface area (Å²) < 4.78 is 3.30. The molecule has 19 heavy (non-hydrogen) atoms. The summed E-state index contributed by atoms with van der Waals surface area (Å²) in [5.41, 5.74) is 1.34. The zero-order valence-corrected chi connectivity index (χ0v) is 14.1. The van der Waals surface area contributed by atoms with Crippen molar-refractivity contribution in [2.24, 2.45) is 0 Å². The van der Waals surface area contributed by atoms with Gasteiger partial charge in [-0.05, 0) is 49.3 Å². The summed E-state index contributed by atoms with van der Waals surface area (Å²) in [7, 11) is 4.19. The molecular formula is C14H23BrClN3. The van der Waals surface area contributed by atoms with Gasteiger partial charge in [0.05, 0.1) is 22.9 Å². The minimum Gasteiger partial charge on any atom is -0.308 e. The standard InChI is InChI=1S/C14H23BrClN3/c1-18(2)7-8-19-14(13(15)10-17-19)11-5-3-4-6-12(16)9-11/h10-12H,3-9H2,1-2H3. The van der Waals surface area contributed by atoms with Crippen LogP contribution >= 0.6 is 27.5 Å². The number of aromatic nitrogens is 2. The monoisotopic (exact) mass is 347 g/mol. The molecule has 0 spiro atoms. The Morgan fingerprint density at radius 2 is 2.16 bits per heavy atom. The van der Waals surface area contributed by atoms with Crippen LogP contribution in [0.5, 0.6) is 0 Å². The molecular weight excluding hydrogens is 326 g/mol. The van der Waals surface area contributed by atoms with Crippen molar-refractivity contribution in [2.45, 2.75) is 49.9 Å². The fourth-order valence-electron chi connectivity index (χ4n) is 2.80. The van der Waals surface area contributed by atoms with E-state index in [0.717, 1.165) is 30.4 Å². The van der Waals surface area contributed by atoms with E-state index in [1.165, 1.54) is 25.0 Å². The summed E-state index contributed by atoms with van der Waals surface area (Å²) in [5, 5.41) is 4.83. The maximum absolute atomic E-state index is 6.41. The molecule has 2 unspecified atom stereocenters. The second kappa shape index (κ2) is 7.09. The van der Waals surface area contributed by atoms with Gasteiger partial charge in [-0.25, -0.2) is 0 Å². The van der Waals surface area contributed by atoms with E-state index in [-0.39, 0.29) is 0 Å². The topological polar surface area (TPSA) is 21.1 Å². The number of hydrogen-bond acceptors (Lipinski definition) is 2. The van der Waals surface area contributed by atoms with Crippen molar-refractivity contribution >= 4 is 27.5 Å². The quantitative estimate of drug-likeness (QED) is 0.608. The van der Waals surface area contributed by atoms with Crippen LogP contribution < -0.4 is 0 Å². The van der Waals surface area contributed by atoms with Crippen LogP contribution in [-0.2, 0) is 6.54 Å². The molecule has 0 bridgehead atoms. The molecule has 1 aliphatic carbocycles. The lowest BCUT2D eigenvalue weighted by Crippen LogP contribution is -2.21. The van der Waals surface area contributed by atoms with E-state index >= 15 is 0 Å². The van der Waals surface area contributed by atoms with Crippen molar-refractivity contribution in [3.05, 3.63) is 16.4 Å². The second-order valence-electron chi connectivity index (χ2n) is 5.72. The average Bonchev–Trinajstić information content (AvgIpc) is 2.58. The smallest absolute Gasteiger partial charge is 0.0635 e. The van der Waals surface area contributed by atoms with Crippen molar-refractivity contribution < 1.29 is 0 Å². The molecule has 3 nitrogen and oxygen atoms in total. The molecule has 2 rings (SSSR count). The maximum Gasteiger partial charge on any atom is 0.0635 e. The Morgan fingerprint density at radius 1 is 1.42 bits per heavy atom. The molecule has 1 fully saturated rings. The van der Waals surface area contributed by atoms with Crippen molar-refractivity contribution in [1.29, 1.82) is 0 Å². The summed E-state index contributed by atoms with van der Waals surface area (Å²) in [6, 6.07) is 0. The third-order valence-electron chi connectivity index (χ3n) is 3.84. The van der Waals surface area contributed by atoms with Crippen LogP contribution in [0.4, 0.5) is 0 Å². The number of nitrogens with zero attached hydrogens (tertiary/aromatic N) is 3. The van der Waals surface area contributed by atoms with Crippen LogP contribution in [-0.4, -0.2) is 40.7 Å². The van der Waals surface area contributed by atoms with Crippen LogP contribution in [0.25, 0.3) is 0 Å². The van der Waals surface area contributed by atoms with E-state index in [1.807, 2.05) is 6.20 Å². The third kappa shape index (κ3) is 4.20. The second-order valence-corrected chi connectivity index (χ2v) is 7.19. The fraction of sp³-hybridized carbons (Fsp3) is 0.786. The van der Waals surface area contributed by atoms with Gasteiger partial charge in [0.2, 0.25) is 0 Å². The van der Waals surface area contributed by atoms with Gasteiger partial charge in [-0.3, -0.25) is 4.68 Å². The highest BCUT2D eigenvalue weighted by atomic mass is 79.9. The molecule has 1 aromatic rings. The van der Waals surface area contributed by atoms with Gasteiger partial charge in [-0.2, -0.15) is 5.10 Å². The zero-order chi connectivity index (χ0) is 13.8. The molecule has 0 aliphatic heterocycles. The average molecular weight is 349 g/mol. The number of rotatable bonds is 4. The first-order valence-corrected chi connectivity index (χ1v) is 8.31. The lowest BCUT2D eigenvalue weighted by Gasteiger charge is -2.20. The van der Waals surface area contributed by atoms with E-state index in [9.17, 15) is 0 Å². The van der Waals surface area contributed by atoms with Crippen molar-refractivity contribution in [2.75, 3.05) is 20.6 Å². The fourth-order valence-corrected chi connectivity index (χ4v) is 3.79.